The number of carbonyl (C=O) groups is 3. The van der Waals surface area contributed by atoms with E-state index >= 15 is 0 Å². The molecule has 0 radical (unpaired) electrons. The highest BCUT2D eigenvalue weighted by molar-refractivity contribution is 6.39. The van der Waals surface area contributed by atoms with Crippen LogP contribution in [0.4, 0.5) is 4.79 Å². The molecule has 58 heavy (non-hydrogen) atoms. The van der Waals surface area contributed by atoms with E-state index in [1.54, 1.807) is 46.2 Å². The molecule has 302 valence electrons. The van der Waals surface area contributed by atoms with E-state index in [4.69, 9.17) is 37.7 Å². The third-order valence-corrected chi connectivity index (χ3v) is 11.2. The average molecular weight is 828 g/mol. The van der Waals surface area contributed by atoms with Gasteiger partial charge in [-0.25, -0.2) is 14.8 Å². The normalized spacial score (nSPS) is 17.0. The van der Waals surface area contributed by atoms with Crippen molar-refractivity contribution in [2.75, 3.05) is 26.7 Å². The number of methoxy groups -OCH3 is 1. The van der Waals surface area contributed by atoms with Crippen molar-refractivity contribution in [3.05, 3.63) is 105 Å². The molecule has 2 N–H and O–H groups in total. The molecule has 2 saturated heterocycles. The third kappa shape index (κ3) is 8.81. The van der Waals surface area contributed by atoms with Crippen molar-refractivity contribution in [1.29, 1.82) is 0 Å². The van der Waals surface area contributed by atoms with Gasteiger partial charge in [0.2, 0.25) is 11.8 Å². The lowest BCUT2D eigenvalue weighted by Crippen LogP contribution is -2.44. The number of hydrogen-bond acceptors (Lipinski definition) is 9. The zero-order valence-corrected chi connectivity index (χ0v) is 34.1. The summed E-state index contributed by atoms with van der Waals surface area (Å²) in [6.45, 7) is 7.13. The highest BCUT2D eigenvalue weighted by Crippen LogP contribution is 2.42. The fraction of sp³-hybridized carbons (Fsp3) is 0.349. The maximum Gasteiger partial charge on any atom is 0.410 e. The molecule has 0 saturated carbocycles. The minimum Gasteiger partial charge on any atom is -0.481 e. The SMILES string of the molecule is COc1nc(-c2cccc(-c3cccc(-c4ccn5c(=O)c(CN(C[C@@H]6CCC(=O)N6)C(=O)OC(C)(C)C)cnc5c4)c3Cl)c2Cl)ccc1CN1CC[C@H](C(=O)O)C1. The summed E-state index contributed by atoms with van der Waals surface area (Å²) in [5.74, 6) is -0.794. The molecule has 13 nitrogen and oxygen atoms in total. The summed E-state index contributed by atoms with van der Waals surface area (Å²) < 4.78 is 12.7. The van der Waals surface area contributed by atoms with E-state index < -0.39 is 17.7 Å². The van der Waals surface area contributed by atoms with Crippen LogP contribution in [0.25, 0.3) is 39.2 Å². The lowest BCUT2D eigenvalue weighted by atomic mass is 9.97. The Hall–Kier alpha value is -5.50. The van der Waals surface area contributed by atoms with Crippen molar-refractivity contribution in [2.24, 2.45) is 5.92 Å². The van der Waals surface area contributed by atoms with Crippen LogP contribution in [0.2, 0.25) is 10.0 Å². The number of pyridine rings is 2. The van der Waals surface area contributed by atoms with Gasteiger partial charge in [0.1, 0.15) is 11.2 Å². The van der Waals surface area contributed by atoms with E-state index in [0.717, 1.165) is 11.1 Å². The Balaban J connectivity index is 1.14. The molecule has 0 spiro atoms. The molecule has 0 bridgehead atoms. The van der Waals surface area contributed by atoms with Gasteiger partial charge in [0.25, 0.3) is 5.56 Å². The van der Waals surface area contributed by atoms with Crippen molar-refractivity contribution in [1.82, 2.24) is 29.5 Å². The summed E-state index contributed by atoms with van der Waals surface area (Å²) >= 11 is 14.3. The van der Waals surface area contributed by atoms with Crippen LogP contribution in [0.5, 0.6) is 5.88 Å². The number of nitrogens with one attached hydrogen (secondary N) is 1. The predicted molar refractivity (Wildman–Crippen MR) is 221 cm³/mol. The number of halogens is 2. The second-order valence-electron chi connectivity index (χ2n) is 15.7. The molecule has 2 amide bonds. The molecule has 5 aromatic rings. The first-order valence-electron chi connectivity index (χ1n) is 19.0. The summed E-state index contributed by atoms with van der Waals surface area (Å²) in [4.78, 5) is 63.2. The van der Waals surface area contributed by atoms with Crippen molar-refractivity contribution in [3.8, 4) is 39.4 Å². The number of aliphatic carboxylic acids is 1. The van der Waals surface area contributed by atoms with Crippen LogP contribution in [0.1, 0.15) is 51.2 Å². The van der Waals surface area contributed by atoms with Gasteiger partial charge in [-0.05, 0) is 63.9 Å². The van der Waals surface area contributed by atoms with E-state index in [2.05, 4.69) is 15.2 Å². The van der Waals surface area contributed by atoms with E-state index in [0.29, 0.717) is 88.4 Å². The fourth-order valence-corrected chi connectivity index (χ4v) is 8.10. The molecule has 2 fully saturated rings. The van der Waals surface area contributed by atoms with Gasteiger partial charge in [-0.2, -0.15) is 0 Å². The van der Waals surface area contributed by atoms with E-state index in [9.17, 15) is 24.3 Å². The number of benzene rings is 2. The van der Waals surface area contributed by atoms with Crippen LogP contribution in [0, 0.1) is 5.92 Å². The number of carbonyl (C=O) groups excluding carboxylic acids is 2. The second-order valence-corrected chi connectivity index (χ2v) is 16.4. The Morgan fingerprint density at radius 3 is 2.33 bits per heavy atom. The molecule has 2 aliphatic heterocycles. The van der Waals surface area contributed by atoms with Gasteiger partial charge >= 0.3 is 12.1 Å². The van der Waals surface area contributed by atoms with Gasteiger partial charge in [0, 0.05) is 72.3 Å². The molecule has 2 atom stereocenters. The standard InChI is InChI=1S/C43H44Cl2N6O7/c1-43(2,3)58-42(56)50(24-29-12-14-36(52)47-29)23-28-20-46-35-19-25(16-18-51(35)40(28)53)30-7-5-8-31(37(30)44)32-9-6-10-33(38(32)45)34-13-11-26(39(48-34)57-4)21-49-17-15-27(22-49)41(54)55/h5-11,13,16,18-20,27,29H,12,14-15,17,21-24H2,1-4H3,(H,47,52)(H,54,55)/t27-,29-/m0/s1. The van der Waals surface area contributed by atoms with Gasteiger partial charge in [0.05, 0.1) is 40.9 Å². The fourth-order valence-electron chi connectivity index (χ4n) is 7.44. The molecular formula is C43H44Cl2N6O7. The first kappa shape index (κ1) is 40.7. The summed E-state index contributed by atoms with van der Waals surface area (Å²) in [6.07, 6.45) is 4.07. The monoisotopic (exact) mass is 826 g/mol. The topological polar surface area (TPSA) is 156 Å². The first-order chi connectivity index (χ1) is 27.7. The number of aromatic nitrogens is 3. The molecule has 0 aliphatic carbocycles. The quantitative estimate of drug-likeness (QED) is 0.138. The second kappa shape index (κ2) is 16.8. The molecule has 3 aromatic heterocycles. The number of carboxylic acids is 1. The maximum atomic E-state index is 13.8. The molecule has 2 aliphatic rings. The first-order valence-corrected chi connectivity index (χ1v) is 19.8. The molecule has 2 aromatic carbocycles. The van der Waals surface area contributed by atoms with Crippen LogP contribution in [0.15, 0.2) is 77.9 Å². The summed E-state index contributed by atoms with van der Waals surface area (Å²) in [7, 11) is 1.56. The summed E-state index contributed by atoms with van der Waals surface area (Å²) in [5.41, 5.74) is 4.52. The average Bonchev–Trinajstić information content (AvgIpc) is 3.84. The summed E-state index contributed by atoms with van der Waals surface area (Å²) in [5, 5.41) is 13.2. The van der Waals surface area contributed by atoms with Crippen LogP contribution in [-0.4, -0.2) is 85.6 Å². The minimum absolute atomic E-state index is 0.0501. The zero-order valence-electron chi connectivity index (χ0n) is 32.6. The van der Waals surface area contributed by atoms with Crippen LogP contribution in [0.3, 0.4) is 0 Å². The number of likely N-dealkylation sites (tertiary alicyclic amines) is 1. The third-order valence-electron chi connectivity index (χ3n) is 10.3. The number of fused-ring (bicyclic) bond motifs is 1. The van der Waals surface area contributed by atoms with E-state index in [1.165, 1.54) is 15.5 Å². The highest BCUT2D eigenvalue weighted by Gasteiger charge is 2.30. The molecular weight excluding hydrogens is 783 g/mol. The zero-order chi connectivity index (χ0) is 41.3. The van der Waals surface area contributed by atoms with Gasteiger partial charge in [0.15, 0.2) is 0 Å². The lowest BCUT2D eigenvalue weighted by molar-refractivity contribution is -0.141. The number of ether oxygens (including phenoxy) is 2. The van der Waals surface area contributed by atoms with Crippen molar-refractivity contribution in [2.45, 2.75) is 64.8 Å². The highest BCUT2D eigenvalue weighted by atomic mass is 35.5. The number of rotatable bonds is 11. The lowest BCUT2D eigenvalue weighted by Gasteiger charge is -2.29. The number of nitrogens with zero attached hydrogens (tertiary/aromatic N) is 5. The molecule has 5 heterocycles. The number of amides is 2. The Labute approximate surface area is 345 Å². The van der Waals surface area contributed by atoms with Crippen LogP contribution >= 0.6 is 23.2 Å². The Morgan fingerprint density at radius 2 is 1.67 bits per heavy atom. The molecule has 15 heteroatoms. The maximum absolute atomic E-state index is 13.8. The molecule has 7 rings (SSSR count). The van der Waals surface area contributed by atoms with Crippen LogP contribution < -0.4 is 15.6 Å². The van der Waals surface area contributed by atoms with Crippen molar-refractivity contribution in [3.63, 3.8) is 0 Å². The Morgan fingerprint density at radius 1 is 0.966 bits per heavy atom. The van der Waals surface area contributed by atoms with Crippen molar-refractivity contribution >= 4 is 46.8 Å². The predicted octanol–water partition coefficient (Wildman–Crippen LogP) is 7.33. The Kier molecular flexibility index (Phi) is 11.8. The Bertz CT molecular complexity index is 2470. The van der Waals surface area contributed by atoms with Crippen molar-refractivity contribution < 1.29 is 29.0 Å². The number of carboxylic acid groups (broad SMARTS) is 1. The van der Waals surface area contributed by atoms with E-state index in [-0.39, 0.29) is 42.1 Å². The van der Waals surface area contributed by atoms with Gasteiger partial charge in [-0.1, -0.05) is 65.7 Å². The van der Waals surface area contributed by atoms with Crippen LogP contribution in [-0.2, 0) is 27.4 Å². The van der Waals surface area contributed by atoms with E-state index in [1.807, 2.05) is 48.5 Å². The smallest absolute Gasteiger partial charge is 0.410 e. The summed E-state index contributed by atoms with van der Waals surface area (Å²) in [6, 6.07) is 18.4. The molecule has 0 unspecified atom stereocenters. The van der Waals surface area contributed by atoms with Gasteiger partial charge in [-0.3, -0.25) is 23.7 Å². The van der Waals surface area contributed by atoms with Gasteiger partial charge in [-0.15, -0.1) is 0 Å². The number of hydrogen-bond donors (Lipinski definition) is 2. The largest absolute Gasteiger partial charge is 0.481 e. The minimum atomic E-state index is -0.778. The van der Waals surface area contributed by atoms with Gasteiger partial charge < -0.3 is 24.8 Å².